The average Bonchev–Trinajstić information content (AvgIpc) is 2.73. The molecule has 0 aromatic carbocycles. The van der Waals surface area contributed by atoms with E-state index in [4.69, 9.17) is 4.74 Å². The Morgan fingerprint density at radius 1 is 1.69 bits per heavy atom. The van der Waals surface area contributed by atoms with Gasteiger partial charge in [0, 0.05) is 5.92 Å². The van der Waals surface area contributed by atoms with Crippen molar-refractivity contribution in [1.82, 2.24) is 0 Å². The molecule has 1 radical (unpaired) electrons. The zero-order valence-electron chi connectivity index (χ0n) is 7.66. The fraction of sp³-hybridized carbons (Fsp3) is 0.700. The molecule has 0 aromatic heterocycles. The highest BCUT2D eigenvalue weighted by Gasteiger charge is 2.57. The zero-order valence-corrected chi connectivity index (χ0v) is 7.66. The average molecular weight is 181 g/mol. The van der Waals surface area contributed by atoms with Crippen LogP contribution in [-0.2, 0) is 14.3 Å². The Labute approximate surface area is 77.4 Å². The molecule has 2 fully saturated rings. The van der Waals surface area contributed by atoms with Crippen LogP contribution in [0.25, 0.3) is 0 Å². The number of ether oxygens (including phenoxy) is 1. The van der Waals surface area contributed by atoms with Crippen molar-refractivity contribution in [3.8, 4) is 0 Å². The summed E-state index contributed by atoms with van der Waals surface area (Å²) in [5.74, 6) is 0.0360. The highest BCUT2D eigenvalue weighted by atomic mass is 16.5. The molecule has 13 heavy (non-hydrogen) atoms. The van der Waals surface area contributed by atoms with E-state index in [9.17, 15) is 9.59 Å². The van der Waals surface area contributed by atoms with Crippen LogP contribution in [0.4, 0.5) is 0 Å². The second kappa shape index (κ2) is 2.82. The topological polar surface area (TPSA) is 43.4 Å². The van der Waals surface area contributed by atoms with Crippen molar-refractivity contribution in [3.05, 3.63) is 6.42 Å². The van der Waals surface area contributed by atoms with E-state index >= 15 is 0 Å². The molecule has 0 spiro atoms. The van der Waals surface area contributed by atoms with Crippen LogP contribution in [0.3, 0.4) is 0 Å². The molecule has 3 unspecified atom stereocenters. The van der Waals surface area contributed by atoms with Crippen LogP contribution in [0.1, 0.15) is 19.3 Å². The van der Waals surface area contributed by atoms with Crippen LogP contribution >= 0.6 is 0 Å². The van der Waals surface area contributed by atoms with E-state index in [0.717, 1.165) is 25.5 Å². The molecule has 0 aliphatic heterocycles. The van der Waals surface area contributed by atoms with Gasteiger partial charge < -0.3 is 9.53 Å². The predicted molar refractivity (Wildman–Crippen MR) is 45.6 cm³/mol. The Balaban J connectivity index is 2.27. The lowest BCUT2D eigenvalue weighted by Gasteiger charge is -2.28. The number of methoxy groups -OCH3 is 1. The van der Waals surface area contributed by atoms with Gasteiger partial charge in [-0.2, -0.15) is 0 Å². The highest BCUT2D eigenvalue weighted by molar-refractivity contribution is 5.83. The molecule has 0 N–H and O–H groups in total. The quantitative estimate of drug-likeness (QED) is 0.471. The molecule has 0 heterocycles. The molecule has 2 bridgehead atoms. The Hall–Kier alpha value is -0.860. The highest BCUT2D eigenvalue weighted by Crippen LogP contribution is 2.56. The number of aldehydes is 1. The van der Waals surface area contributed by atoms with Crippen LogP contribution in [0.2, 0.25) is 0 Å². The second-order valence-electron chi connectivity index (χ2n) is 4.00. The van der Waals surface area contributed by atoms with E-state index in [-0.39, 0.29) is 11.9 Å². The molecule has 2 rings (SSSR count). The lowest BCUT2D eigenvalue weighted by Crippen LogP contribution is -2.36. The third-order valence-corrected chi connectivity index (χ3v) is 3.44. The summed E-state index contributed by atoms with van der Waals surface area (Å²) in [4.78, 5) is 22.3. The lowest BCUT2D eigenvalue weighted by atomic mass is 9.76. The number of carbonyl (C=O) groups excluding carboxylic acids is 2. The van der Waals surface area contributed by atoms with E-state index in [0.29, 0.717) is 5.92 Å². The smallest absolute Gasteiger partial charge is 0.312 e. The summed E-state index contributed by atoms with van der Waals surface area (Å²) in [6.07, 6.45) is 5.54. The number of fused-ring (bicyclic) bond motifs is 2. The van der Waals surface area contributed by atoms with Crippen LogP contribution in [0, 0.1) is 23.7 Å². The minimum atomic E-state index is -0.499. The van der Waals surface area contributed by atoms with Gasteiger partial charge in [-0.05, 0) is 31.6 Å². The number of rotatable bonds is 2. The van der Waals surface area contributed by atoms with Crippen molar-refractivity contribution < 1.29 is 14.3 Å². The van der Waals surface area contributed by atoms with Gasteiger partial charge in [0.15, 0.2) is 0 Å². The van der Waals surface area contributed by atoms with E-state index < -0.39 is 5.41 Å². The fourth-order valence-corrected chi connectivity index (χ4v) is 2.76. The van der Waals surface area contributed by atoms with Crippen molar-refractivity contribution in [2.24, 2.45) is 17.3 Å². The number of hydrogen-bond acceptors (Lipinski definition) is 3. The summed E-state index contributed by atoms with van der Waals surface area (Å²) in [5.41, 5.74) is -0.499. The van der Waals surface area contributed by atoms with Gasteiger partial charge in [0.25, 0.3) is 0 Å². The molecule has 2 aliphatic rings. The molecule has 0 aromatic rings. The summed E-state index contributed by atoms with van der Waals surface area (Å²) in [7, 11) is 1.39. The van der Waals surface area contributed by atoms with Gasteiger partial charge in [0.1, 0.15) is 6.29 Å². The van der Waals surface area contributed by atoms with Gasteiger partial charge in [0.2, 0.25) is 0 Å². The van der Waals surface area contributed by atoms with Crippen LogP contribution in [0.5, 0.6) is 0 Å². The third kappa shape index (κ3) is 1.02. The molecular formula is C10H13O3. The van der Waals surface area contributed by atoms with E-state index in [1.54, 1.807) is 0 Å². The Morgan fingerprint density at radius 3 is 3.00 bits per heavy atom. The zero-order chi connectivity index (χ0) is 9.47. The van der Waals surface area contributed by atoms with Gasteiger partial charge in [-0.15, -0.1) is 0 Å². The Kier molecular flexibility index (Phi) is 1.90. The molecule has 2 saturated carbocycles. The molecule has 0 saturated heterocycles. The van der Waals surface area contributed by atoms with Gasteiger partial charge >= 0.3 is 5.97 Å². The molecule has 3 heteroatoms. The molecule has 2 aliphatic carbocycles. The normalized spacial score (nSPS) is 41.9. The van der Waals surface area contributed by atoms with Gasteiger partial charge in [0.05, 0.1) is 12.5 Å². The third-order valence-electron chi connectivity index (χ3n) is 3.44. The fourth-order valence-electron chi connectivity index (χ4n) is 2.76. The minimum absolute atomic E-state index is 0.208. The van der Waals surface area contributed by atoms with E-state index in [1.807, 2.05) is 6.42 Å². The SMILES string of the molecule is COC(=O)C12CCC([CH]C1C=O)C2. The van der Waals surface area contributed by atoms with Gasteiger partial charge in [-0.1, -0.05) is 0 Å². The Bertz CT molecular complexity index is 249. The van der Waals surface area contributed by atoms with Crippen molar-refractivity contribution in [1.29, 1.82) is 0 Å². The number of hydrogen-bond donors (Lipinski definition) is 0. The van der Waals surface area contributed by atoms with Crippen LogP contribution < -0.4 is 0 Å². The first-order valence-corrected chi connectivity index (χ1v) is 4.61. The molecule has 3 atom stereocenters. The summed E-state index contributed by atoms with van der Waals surface area (Å²) < 4.78 is 4.77. The van der Waals surface area contributed by atoms with Gasteiger partial charge in [-0.3, -0.25) is 4.79 Å². The summed E-state index contributed by atoms with van der Waals surface area (Å²) >= 11 is 0. The largest absolute Gasteiger partial charge is 0.469 e. The van der Waals surface area contributed by atoms with Crippen molar-refractivity contribution in [2.45, 2.75) is 19.3 Å². The van der Waals surface area contributed by atoms with Crippen LogP contribution in [0.15, 0.2) is 0 Å². The van der Waals surface area contributed by atoms with E-state index in [1.165, 1.54) is 7.11 Å². The van der Waals surface area contributed by atoms with Crippen molar-refractivity contribution >= 4 is 12.3 Å². The molecule has 3 nitrogen and oxygen atoms in total. The molecule has 71 valence electrons. The summed E-state index contributed by atoms with van der Waals surface area (Å²) in [6.45, 7) is 0. The van der Waals surface area contributed by atoms with Gasteiger partial charge in [-0.25, -0.2) is 0 Å². The molecule has 0 amide bonds. The first kappa shape index (κ1) is 8.73. The first-order valence-electron chi connectivity index (χ1n) is 4.61. The van der Waals surface area contributed by atoms with E-state index in [2.05, 4.69) is 0 Å². The maximum atomic E-state index is 11.6. The van der Waals surface area contributed by atoms with Crippen molar-refractivity contribution in [2.75, 3.05) is 7.11 Å². The number of esters is 1. The minimum Gasteiger partial charge on any atom is -0.469 e. The monoisotopic (exact) mass is 181 g/mol. The first-order chi connectivity index (χ1) is 6.23. The predicted octanol–water partition coefficient (Wildman–Crippen LogP) is 0.979. The Morgan fingerprint density at radius 2 is 2.46 bits per heavy atom. The summed E-state index contributed by atoms with van der Waals surface area (Å²) in [6, 6.07) is 0. The number of carbonyl (C=O) groups is 2. The van der Waals surface area contributed by atoms with Crippen molar-refractivity contribution in [3.63, 3.8) is 0 Å². The van der Waals surface area contributed by atoms with Crippen LogP contribution in [-0.4, -0.2) is 19.4 Å². The molecular weight excluding hydrogens is 168 g/mol. The summed E-state index contributed by atoms with van der Waals surface area (Å²) in [5, 5.41) is 0. The maximum Gasteiger partial charge on any atom is 0.312 e. The second-order valence-corrected chi connectivity index (χ2v) is 4.00. The standard InChI is InChI=1S/C10H13O3/c1-13-9(12)10-3-2-7(5-10)4-8(10)6-11/h4,6-8H,2-3,5H2,1H3. The maximum absolute atomic E-state index is 11.6. The lowest BCUT2D eigenvalue weighted by molar-refractivity contribution is -0.155.